The molecule has 1 unspecified atom stereocenters. The summed E-state index contributed by atoms with van der Waals surface area (Å²) in [7, 11) is 2.00. The maximum atomic E-state index is 5.84. The van der Waals surface area contributed by atoms with E-state index in [0.717, 1.165) is 24.0 Å². The van der Waals surface area contributed by atoms with Crippen LogP contribution >= 0.6 is 0 Å². The van der Waals surface area contributed by atoms with E-state index in [9.17, 15) is 0 Å². The van der Waals surface area contributed by atoms with Crippen molar-refractivity contribution in [3.05, 3.63) is 24.0 Å². The van der Waals surface area contributed by atoms with Gasteiger partial charge in [0, 0.05) is 6.07 Å². The van der Waals surface area contributed by atoms with E-state index in [0.29, 0.717) is 0 Å². The molecule has 0 radical (unpaired) electrons. The lowest BCUT2D eigenvalue weighted by atomic mass is 10.2. The van der Waals surface area contributed by atoms with E-state index in [1.54, 1.807) is 0 Å². The minimum atomic E-state index is 0.0625. The van der Waals surface area contributed by atoms with Gasteiger partial charge in [0.15, 0.2) is 11.4 Å². The van der Waals surface area contributed by atoms with E-state index in [1.807, 2.05) is 36.9 Å². The molecule has 0 aromatic carbocycles. The quantitative estimate of drug-likeness (QED) is 0.756. The maximum Gasteiger partial charge on any atom is 0.211 e. The molecule has 0 spiro atoms. The Balaban J connectivity index is 2.03. The third kappa shape index (κ3) is 2.69. The Bertz CT molecular complexity index is 345. The van der Waals surface area contributed by atoms with Gasteiger partial charge in [0.25, 0.3) is 0 Å². The molecule has 1 saturated carbocycles. The number of nitrogens with two attached hydrogens (primary N) is 1. The second kappa shape index (κ2) is 4.19. The highest BCUT2D eigenvalue weighted by Crippen LogP contribution is 2.29. The first-order valence-corrected chi connectivity index (χ1v) is 5.55. The van der Waals surface area contributed by atoms with Crippen molar-refractivity contribution in [1.82, 2.24) is 0 Å². The fourth-order valence-corrected chi connectivity index (χ4v) is 1.65. The molecular formula is C12H19N2O+. The summed E-state index contributed by atoms with van der Waals surface area (Å²) in [5.74, 6) is 1.73. The van der Waals surface area contributed by atoms with Gasteiger partial charge in [-0.1, -0.05) is 0 Å². The zero-order chi connectivity index (χ0) is 10.8. The molecule has 1 aliphatic carbocycles. The SMILES string of the molecule is CC(N)c1ccc(OCC2CC2)c[n+]1C. The smallest absolute Gasteiger partial charge is 0.211 e. The van der Waals surface area contributed by atoms with E-state index < -0.39 is 0 Å². The zero-order valence-electron chi connectivity index (χ0n) is 9.44. The van der Waals surface area contributed by atoms with E-state index in [2.05, 4.69) is 0 Å². The number of aromatic nitrogens is 1. The highest BCUT2D eigenvalue weighted by molar-refractivity contribution is 5.17. The summed E-state index contributed by atoms with van der Waals surface area (Å²) >= 11 is 0. The van der Waals surface area contributed by atoms with E-state index in [4.69, 9.17) is 10.5 Å². The molecule has 15 heavy (non-hydrogen) atoms. The Labute approximate surface area is 90.9 Å². The fourth-order valence-electron chi connectivity index (χ4n) is 1.65. The maximum absolute atomic E-state index is 5.84. The molecule has 82 valence electrons. The van der Waals surface area contributed by atoms with Crippen molar-refractivity contribution in [3.63, 3.8) is 0 Å². The standard InChI is InChI=1S/C12H19N2O/c1-9(13)12-6-5-11(7-14(12)2)15-8-10-3-4-10/h5-7,9-10H,3-4,8,13H2,1-2H3/q+1. The van der Waals surface area contributed by atoms with Crippen LogP contribution in [-0.4, -0.2) is 6.61 Å². The molecule has 2 N–H and O–H groups in total. The van der Waals surface area contributed by atoms with Gasteiger partial charge in [-0.15, -0.1) is 0 Å². The van der Waals surface area contributed by atoms with Crippen molar-refractivity contribution >= 4 is 0 Å². The van der Waals surface area contributed by atoms with Crippen molar-refractivity contribution in [3.8, 4) is 5.75 Å². The number of aryl methyl sites for hydroxylation is 1. The van der Waals surface area contributed by atoms with Gasteiger partial charge in [-0.25, -0.2) is 4.57 Å². The van der Waals surface area contributed by atoms with Gasteiger partial charge in [-0.3, -0.25) is 0 Å². The number of nitrogens with zero attached hydrogens (tertiary/aromatic N) is 1. The first-order chi connectivity index (χ1) is 7.16. The zero-order valence-corrected chi connectivity index (χ0v) is 9.44. The van der Waals surface area contributed by atoms with Crippen molar-refractivity contribution in [2.75, 3.05) is 6.61 Å². The van der Waals surface area contributed by atoms with Crippen molar-refractivity contribution in [1.29, 1.82) is 0 Å². The number of hydrogen-bond acceptors (Lipinski definition) is 2. The van der Waals surface area contributed by atoms with Crippen LogP contribution in [0.4, 0.5) is 0 Å². The predicted molar refractivity (Wildman–Crippen MR) is 58.4 cm³/mol. The van der Waals surface area contributed by atoms with Gasteiger partial charge in [-0.05, 0) is 31.7 Å². The molecule has 0 aliphatic heterocycles. The van der Waals surface area contributed by atoms with E-state index in [-0.39, 0.29) is 6.04 Å². The van der Waals surface area contributed by atoms with Gasteiger partial charge in [-0.2, -0.15) is 0 Å². The molecule has 0 saturated heterocycles. The number of rotatable bonds is 4. The summed E-state index contributed by atoms with van der Waals surface area (Å²) in [6, 6.07) is 4.10. The van der Waals surface area contributed by atoms with Crippen molar-refractivity contribution in [2.45, 2.75) is 25.8 Å². The number of pyridine rings is 1. The largest absolute Gasteiger partial charge is 0.487 e. The molecule has 1 atom stereocenters. The third-order valence-electron chi connectivity index (χ3n) is 2.80. The molecule has 1 fully saturated rings. The van der Waals surface area contributed by atoms with Gasteiger partial charge in [0.1, 0.15) is 7.05 Å². The van der Waals surface area contributed by atoms with E-state index >= 15 is 0 Å². The summed E-state index contributed by atoms with van der Waals surface area (Å²) in [5.41, 5.74) is 6.95. The predicted octanol–water partition coefficient (Wildman–Crippen LogP) is 1.32. The Morgan fingerprint density at radius 2 is 2.27 bits per heavy atom. The summed E-state index contributed by atoms with van der Waals surface area (Å²) in [4.78, 5) is 0. The monoisotopic (exact) mass is 207 g/mol. The molecule has 1 aromatic rings. The molecule has 0 amide bonds. The first-order valence-electron chi connectivity index (χ1n) is 5.55. The Kier molecular flexibility index (Phi) is 2.91. The molecule has 3 heteroatoms. The van der Waals surface area contributed by atoms with Gasteiger partial charge >= 0.3 is 0 Å². The lowest BCUT2D eigenvalue weighted by molar-refractivity contribution is -0.680. The van der Waals surface area contributed by atoms with Crippen LogP contribution in [0.25, 0.3) is 0 Å². The molecule has 1 aliphatic rings. The Morgan fingerprint density at radius 1 is 1.53 bits per heavy atom. The normalized spacial score (nSPS) is 17.5. The Morgan fingerprint density at radius 3 is 2.80 bits per heavy atom. The number of hydrogen-bond donors (Lipinski definition) is 1. The molecule has 3 nitrogen and oxygen atoms in total. The average molecular weight is 207 g/mol. The second-order valence-electron chi connectivity index (χ2n) is 4.44. The van der Waals surface area contributed by atoms with Crippen molar-refractivity contribution < 1.29 is 9.30 Å². The van der Waals surface area contributed by atoms with Gasteiger partial charge in [0.05, 0.1) is 12.6 Å². The lowest BCUT2D eigenvalue weighted by Crippen LogP contribution is -2.36. The average Bonchev–Trinajstić information content (AvgIpc) is 2.97. The number of ether oxygens (including phenoxy) is 1. The topological polar surface area (TPSA) is 39.1 Å². The Hall–Kier alpha value is -1.09. The van der Waals surface area contributed by atoms with Crippen LogP contribution in [0.1, 0.15) is 31.5 Å². The second-order valence-corrected chi connectivity index (χ2v) is 4.44. The third-order valence-corrected chi connectivity index (χ3v) is 2.80. The molecular weight excluding hydrogens is 188 g/mol. The summed E-state index contributed by atoms with van der Waals surface area (Å²) in [6.07, 6.45) is 4.65. The van der Waals surface area contributed by atoms with Crippen LogP contribution in [0.2, 0.25) is 0 Å². The first kappa shape index (κ1) is 10.4. The summed E-state index contributed by atoms with van der Waals surface area (Å²) < 4.78 is 7.72. The van der Waals surface area contributed by atoms with Crippen LogP contribution in [0.15, 0.2) is 18.3 Å². The highest BCUT2D eigenvalue weighted by Gasteiger charge is 2.22. The molecule has 1 aromatic heterocycles. The minimum Gasteiger partial charge on any atom is -0.487 e. The lowest BCUT2D eigenvalue weighted by Gasteiger charge is -2.06. The molecule has 0 bridgehead atoms. The van der Waals surface area contributed by atoms with E-state index in [1.165, 1.54) is 12.8 Å². The fraction of sp³-hybridized carbons (Fsp3) is 0.583. The van der Waals surface area contributed by atoms with Crippen LogP contribution in [0.5, 0.6) is 5.75 Å². The van der Waals surface area contributed by atoms with Gasteiger partial charge < -0.3 is 10.5 Å². The summed E-state index contributed by atoms with van der Waals surface area (Å²) in [6.45, 7) is 2.84. The summed E-state index contributed by atoms with van der Waals surface area (Å²) in [5, 5.41) is 0. The van der Waals surface area contributed by atoms with Crippen LogP contribution in [0, 0.1) is 5.92 Å². The van der Waals surface area contributed by atoms with Crippen LogP contribution in [-0.2, 0) is 7.05 Å². The minimum absolute atomic E-state index is 0.0625. The van der Waals surface area contributed by atoms with Crippen LogP contribution in [0.3, 0.4) is 0 Å². The van der Waals surface area contributed by atoms with Crippen molar-refractivity contribution in [2.24, 2.45) is 18.7 Å². The molecule has 2 rings (SSSR count). The highest BCUT2D eigenvalue weighted by atomic mass is 16.5. The molecule has 1 heterocycles. The van der Waals surface area contributed by atoms with Crippen LogP contribution < -0.4 is 15.0 Å². The van der Waals surface area contributed by atoms with Gasteiger partial charge in [0.2, 0.25) is 6.20 Å².